The fourth-order valence-electron chi connectivity index (χ4n) is 5.24. The number of aliphatic hydroxyl groups is 1. The van der Waals surface area contributed by atoms with Crippen LogP contribution in [0.2, 0.25) is 0 Å². The Morgan fingerprint density at radius 3 is 2.90 bits per heavy atom. The third kappa shape index (κ3) is 4.06. The summed E-state index contributed by atoms with van der Waals surface area (Å²) < 4.78 is 0. The molecule has 0 aliphatic heterocycles. The molecule has 3 atom stereocenters. The number of benzene rings is 1. The van der Waals surface area contributed by atoms with E-state index in [4.69, 9.17) is 0 Å². The Hall–Kier alpha value is -2.44. The predicted octanol–water partition coefficient (Wildman–Crippen LogP) is 4.65. The van der Waals surface area contributed by atoms with Gasteiger partial charge in [0.2, 0.25) is 5.91 Å². The van der Waals surface area contributed by atoms with Gasteiger partial charge in [0, 0.05) is 30.8 Å². The molecule has 0 spiro atoms. The molecule has 2 N–H and O–H groups in total. The highest BCUT2D eigenvalue weighted by molar-refractivity contribution is 7.11. The van der Waals surface area contributed by atoms with Crippen LogP contribution in [0.4, 0.5) is 0 Å². The Morgan fingerprint density at radius 2 is 2.16 bits per heavy atom. The van der Waals surface area contributed by atoms with Crippen LogP contribution in [0, 0.1) is 11.8 Å². The lowest BCUT2D eigenvalue weighted by Gasteiger charge is -2.47. The third-order valence-corrected chi connectivity index (χ3v) is 7.89. The van der Waals surface area contributed by atoms with Crippen molar-refractivity contribution in [2.24, 2.45) is 11.8 Å². The van der Waals surface area contributed by atoms with Crippen LogP contribution in [-0.4, -0.2) is 45.1 Å². The summed E-state index contributed by atoms with van der Waals surface area (Å²) in [6, 6.07) is 12.3. The average molecular weight is 436 g/mol. The van der Waals surface area contributed by atoms with Crippen molar-refractivity contribution in [3.63, 3.8) is 0 Å². The van der Waals surface area contributed by atoms with Gasteiger partial charge in [-0.3, -0.25) is 4.79 Å². The van der Waals surface area contributed by atoms with Gasteiger partial charge in [0.15, 0.2) is 0 Å². The first-order chi connectivity index (χ1) is 15.0. The minimum atomic E-state index is -0.909. The Morgan fingerprint density at radius 1 is 1.29 bits per heavy atom. The van der Waals surface area contributed by atoms with Crippen LogP contribution < -0.4 is 0 Å². The summed E-state index contributed by atoms with van der Waals surface area (Å²) in [5.41, 5.74) is 2.49. The van der Waals surface area contributed by atoms with Gasteiger partial charge < -0.3 is 15.0 Å². The van der Waals surface area contributed by atoms with E-state index in [1.165, 1.54) is 10.5 Å². The number of hydrogen-bond donors (Lipinski definition) is 2. The van der Waals surface area contributed by atoms with Gasteiger partial charge in [0.05, 0.1) is 23.1 Å². The maximum Gasteiger partial charge on any atom is 0.225 e. The number of aromatic nitrogens is 2. The van der Waals surface area contributed by atoms with Crippen molar-refractivity contribution in [3.8, 4) is 0 Å². The van der Waals surface area contributed by atoms with Crippen LogP contribution in [0.1, 0.15) is 42.8 Å². The number of hydrogen-bond acceptors (Lipinski definition) is 4. The molecule has 1 fully saturated rings. The van der Waals surface area contributed by atoms with Crippen LogP contribution in [0.5, 0.6) is 0 Å². The first-order valence-electron chi connectivity index (χ1n) is 11.2. The van der Waals surface area contributed by atoms with Gasteiger partial charge in [0.25, 0.3) is 0 Å². The van der Waals surface area contributed by atoms with E-state index in [2.05, 4.69) is 33.6 Å². The number of aromatic amines is 1. The molecule has 2 bridgehead atoms. The normalized spacial score (nSPS) is 25.0. The Labute approximate surface area is 186 Å². The number of fused-ring (bicyclic) bond motifs is 3. The van der Waals surface area contributed by atoms with Crippen molar-refractivity contribution < 1.29 is 9.90 Å². The van der Waals surface area contributed by atoms with Gasteiger partial charge in [0.1, 0.15) is 5.82 Å². The molecule has 5 nitrogen and oxygen atoms in total. The number of carbonyl (C=O) groups excluding carboxylic acids is 1. The first kappa shape index (κ1) is 20.5. The molecule has 0 radical (unpaired) electrons. The zero-order chi connectivity index (χ0) is 21.4. The number of carbonyl (C=O) groups is 1. The van der Waals surface area contributed by atoms with Crippen LogP contribution >= 0.6 is 11.3 Å². The molecule has 162 valence electrons. The summed E-state index contributed by atoms with van der Waals surface area (Å²) in [4.78, 5) is 23.9. The molecule has 6 rings (SSSR count). The average Bonchev–Trinajstić information content (AvgIpc) is 3.43. The van der Waals surface area contributed by atoms with Crippen molar-refractivity contribution in [2.75, 3.05) is 13.6 Å². The van der Waals surface area contributed by atoms with Crippen LogP contribution in [0.3, 0.4) is 0 Å². The lowest BCUT2D eigenvalue weighted by Crippen LogP contribution is -2.49. The number of rotatable bonds is 7. The molecular formula is C25H29N3O2S. The summed E-state index contributed by atoms with van der Waals surface area (Å²) in [7, 11) is 1.85. The number of aryl methyl sites for hydroxylation is 1. The molecule has 3 unspecified atom stereocenters. The topological polar surface area (TPSA) is 69.2 Å². The van der Waals surface area contributed by atoms with Crippen LogP contribution in [-0.2, 0) is 11.2 Å². The van der Waals surface area contributed by atoms with Gasteiger partial charge in [-0.1, -0.05) is 24.3 Å². The monoisotopic (exact) mass is 435 g/mol. The summed E-state index contributed by atoms with van der Waals surface area (Å²) >= 11 is 1.76. The fraction of sp³-hybridized carbons (Fsp3) is 0.440. The Balaban J connectivity index is 1.17. The number of imidazole rings is 1. The number of H-pyrrole nitrogens is 1. The summed E-state index contributed by atoms with van der Waals surface area (Å²) in [6.45, 7) is 0.663. The number of nitrogens with one attached hydrogen (secondary N) is 1. The van der Waals surface area contributed by atoms with Gasteiger partial charge in [-0.15, -0.1) is 11.3 Å². The van der Waals surface area contributed by atoms with Gasteiger partial charge in [-0.25, -0.2) is 4.98 Å². The van der Waals surface area contributed by atoms with E-state index in [1.807, 2.05) is 31.3 Å². The van der Waals surface area contributed by atoms with E-state index in [0.29, 0.717) is 18.9 Å². The second-order valence-corrected chi connectivity index (χ2v) is 10.0. The standard InChI is InChI=1S/C25H29N3O2S/c1-28(12-4-9-23-26-20-6-2-3-7-21(20)27-23)24(29)16-25(30)15-17-10-11-18(25)14-19(17)22-8-5-13-31-22/h2-3,5-8,13-14,17-18,30H,4,9-12,15-16H2,1H3,(H,26,27). The van der Waals surface area contributed by atoms with Crippen LogP contribution in [0.15, 0.2) is 47.9 Å². The quantitative estimate of drug-likeness (QED) is 0.568. The fourth-order valence-corrected chi connectivity index (χ4v) is 6.08. The zero-order valence-electron chi connectivity index (χ0n) is 17.9. The van der Waals surface area contributed by atoms with E-state index in [0.717, 1.165) is 42.5 Å². The molecule has 1 saturated carbocycles. The van der Waals surface area contributed by atoms with E-state index >= 15 is 0 Å². The Bertz CT molecular complexity index is 1070. The first-order valence-corrected chi connectivity index (χ1v) is 12.1. The maximum atomic E-state index is 12.9. The molecule has 1 amide bonds. The highest BCUT2D eigenvalue weighted by Gasteiger charge is 2.48. The Kier molecular flexibility index (Phi) is 5.44. The minimum Gasteiger partial charge on any atom is -0.389 e. The van der Waals surface area contributed by atoms with E-state index in [9.17, 15) is 9.90 Å². The molecule has 1 aromatic carbocycles. The number of amides is 1. The van der Waals surface area contributed by atoms with Crippen molar-refractivity contribution in [1.82, 2.24) is 14.9 Å². The molecule has 3 aliphatic carbocycles. The third-order valence-electron chi connectivity index (χ3n) is 6.97. The van der Waals surface area contributed by atoms with E-state index in [1.54, 1.807) is 16.2 Å². The molecule has 2 heterocycles. The molecule has 0 saturated heterocycles. The lowest BCUT2D eigenvalue weighted by atomic mass is 9.61. The predicted molar refractivity (Wildman–Crippen MR) is 125 cm³/mol. The minimum absolute atomic E-state index is 0.0331. The summed E-state index contributed by atoms with van der Waals surface area (Å²) in [5.74, 6) is 1.42. The van der Waals surface area contributed by atoms with Gasteiger partial charge in [-0.2, -0.15) is 0 Å². The highest BCUT2D eigenvalue weighted by atomic mass is 32.1. The van der Waals surface area contributed by atoms with Crippen molar-refractivity contribution in [3.05, 3.63) is 58.6 Å². The molecular weight excluding hydrogens is 406 g/mol. The van der Waals surface area contributed by atoms with Gasteiger partial charge >= 0.3 is 0 Å². The van der Waals surface area contributed by atoms with E-state index in [-0.39, 0.29) is 18.2 Å². The van der Waals surface area contributed by atoms with Gasteiger partial charge in [-0.05, 0) is 60.8 Å². The molecule has 3 aromatic rings. The van der Waals surface area contributed by atoms with Crippen LogP contribution in [0.25, 0.3) is 16.6 Å². The highest BCUT2D eigenvalue weighted by Crippen LogP contribution is 2.51. The zero-order valence-corrected chi connectivity index (χ0v) is 18.7. The number of thiophene rings is 1. The lowest BCUT2D eigenvalue weighted by molar-refractivity contribution is -0.139. The number of nitrogens with zero attached hydrogens (tertiary/aromatic N) is 2. The molecule has 2 aromatic heterocycles. The second-order valence-electron chi connectivity index (χ2n) is 9.08. The molecule has 3 aliphatic rings. The van der Waals surface area contributed by atoms with E-state index < -0.39 is 5.60 Å². The second kappa shape index (κ2) is 8.24. The largest absolute Gasteiger partial charge is 0.389 e. The maximum absolute atomic E-state index is 12.9. The van der Waals surface area contributed by atoms with Crippen molar-refractivity contribution in [1.29, 1.82) is 0 Å². The van der Waals surface area contributed by atoms with Crippen molar-refractivity contribution >= 4 is 33.9 Å². The smallest absolute Gasteiger partial charge is 0.225 e. The number of para-hydroxylation sites is 2. The summed E-state index contributed by atoms with van der Waals surface area (Å²) in [5, 5.41) is 13.5. The molecule has 6 heteroatoms. The van der Waals surface area contributed by atoms with Crippen molar-refractivity contribution in [2.45, 2.75) is 44.1 Å². The number of allylic oxidation sites excluding steroid dienone is 1. The SMILES string of the molecule is CN(CCCc1nc2ccccc2[nH]1)C(=O)CC1(O)CC2CCC1C=C2c1cccs1. The summed E-state index contributed by atoms with van der Waals surface area (Å²) in [6.07, 6.45) is 6.88. The molecule has 31 heavy (non-hydrogen) atoms.